The van der Waals surface area contributed by atoms with Crippen molar-refractivity contribution in [1.29, 1.82) is 0 Å². The van der Waals surface area contributed by atoms with E-state index in [1.165, 1.54) is 0 Å². The molecule has 2 aromatic rings. The fraction of sp³-hybridized carbons (Fsp3) is 0.316. The number of carbonyl (C=O) groups is 1. The van der Waals surface area contributed by atoms with Gasteiger partial charge in [-0.1, -0.05) is 41.4 Å². The van der Waals surface area contributed by atoms with Crippen molar-refractivity contribution in [3.8, 4) is 5.75 Å². The topological polar surface area (TPSA) is 29.5 Å². The second-order valence-electron chi connectivity index (χ2n) is 5.93. The molecule has 1 aliphatic heterocycles. The minimum Gasteiger partial charge on any atom is -0.497 e. The van der Waals surface area contributed by atoms with E-state index < -0.39 is 0 Å². The molecule has 1 fully saturated rings. The number of halogens is 2. The third-order valence-electron chi connectivity index (χ3n) is 4.43. The maximum atomic E-state index is 12.8. The zero-order chi connectivity index (χ0) is 17.1. The highest BCUT2D eigenvalue weighted by Gasteiger charge is 2.30. The van der Waals surface area contributed by atoms with E-state index in [1.807, 2.05) is 35.2 Å². The van der Waals surface area contributed by atoms with Crippen LogP contribution in [0.4, 0.5) is 0 Å². The summed E-state index contributed by atoms with van der Waals surface area (Å²) in [6.07, 6.45) is 2.28. The quantitative estimate of drug-likeness (QED) is 0.772. The molecule has 5 heteroatoms. The van der Waals surface area contributed by atoms with Gasteiger partial charge in [-0.2, -0.15) is 0 Å². The molecule has 1 amide bonds. The number of benzene rings is 2. The van der Waals surface area contributed by atoms with E-state index in [2.05, 4.69) is 0 Å². The number of likely N-dealkylation sites (tertiary alicyclic amines) is 1. The van der Waals surface area contributed by atoms with Gasteiger partial charge in [0.2, 0.25) is 5.91 Å². The number of hydrogen-bond acceptors (Lipinski definition) is 2. The Hall–Kier alpha value is -1.71. The van der Waals surface area contributed by atoms with Crippen molar-refractivity contribution in [1.82, 2.24) is 4.90 Å². The normalized spacial score (nSPS) is 17.1. The predicted molar refractivity (Wildman–Crippen MR) is 96.8 cm³/mol. The van der Waals surface area contributed by atoms with Gasteiger partial charge in [0.05, 0.1) is 19.6 Å². The van der Waals surface area contributed by atoms with Crippen LogP contribution in [-0.2, 0) is 11.2 Å². The van der Waals surface area contributed by atoms with Crippen LogP contribution < -0.4 is 4.74 Å². The van der Waals surface area contributed by atoms with Gasteiger partial charge < -0.3 is 9.64 Å². The van der Waals surface area contributed by atoms with Crippen LogP contribution in [0.25, 0.3) is 0 Å². The van der Waals surface area contributed by atoms with E-state index in [0.717, 1.165) is 36.3 Å². The highest BCUT2D eigenvalue weighted by molar-refractivity contribution is 6.35. The molecule has 0 aliphatic carbocycles. The largest absolute Gasteiger partial charge is 0.497 e. The fourth-order valence-electron chi connectivity index (χ4n) is 3.17. The number of hydrogen-bond donors (Lipinski definition) is 0. The Morgan fingerprint density at radius 1 is 1.21 bits per heavy atom. The molecule has 126 valence electrons. The molecular formula is C19H19Cl2NO2. The number of carbonyl (C=O) groups excluding carboxylic acids is 1. The first-order valence-electron chi connectivity index (χ1n) is 7.96. The smallest absolute Gasteiger partial charge is 0.227 e. The SMILES string of the molecule is COc1ccc(C2CCCN2C(=O)Cc2ccc(Cl)cc2Cl)cc1. The standard InChI is InChI=1S/C19H19Cl2NO2/c1-24-16-8-5-13(6-9-16)18-3-2-10-22(18)19(23)11-14-4-7-15(20)12-17(14)21/h4-9,12,18H,2-3,10-11H2,1H3. The number of rotatable bonds is 4. The van der Waals surface area contributed by atoms with Crippen LogP contribution in [0.3, 0.4) is 0 Å². The number of nitrogens with zero attached hydrogens (tertiary/aromatic N) is 1. The van der Waals surface area contributed by atoms with E-state index in [9.17, 15) is 4.79 Å². The van der Waals surface area contributed by atoms with Crippen LogP contribution in [0.1, 0.15) is 30.0 Å². The summed E-state index contributed by atoms with van der Waals surface area (Å²) >= 11 is 12.1. The first kappa shape index (κ1) is 17.1. The van der Waals surface area contributed by atoms with E-state index in [0.29, 0.717) is 16.5 Å². The monoisotopic (exact) mass is 363 g/mol. The van der Waals surface area contributed by atoms with E-state index in [1.54, 1.807) is 19.2 Å². The Balaban J connectivity index is 1.75. The van der Waals surface area contributed by atoms with E-state index >= 15 is 0 Å². The fourth-order valence-corrected chi connectivity index (χ4v) is 3.64. The van der Waals surface area contributed by atoms with Crippen molar-refractivity contribution >= 4 is 29.1 Å². The van der Waals surface area contributed by atoms with Gasteiger partial charge >= 0.3 is 0 Å². The second kappa shape index (κ2) is 7.45. The summed E-state index contributed by atoms with van der Waals surface area (Å²) in [6, 6.07) is 13.3. The number of amides is 1. The van der Waals surface area contributed by atoms with Gasteiger partial charge in [0.1, 0.15) is 5.75 Å². The maximum absolute atomic E-state index is 12.8. The first-order chi connectivity index (χ1) is 11.6. The Labute approximate surface area is 152 Å². The Kier molecular flexibility index (Phi) is 5.32. The molecule has 3 nitrogen and oxygen atoms in total. The Bertz CT molecular complexity index is 731. The van der Waals surface area contributed by atoms with Gasteiger partial charge in [-0.15, -0.1) is 0 Å². The molecule has 0 N–H and O–H groups in total. The van der Waals surface area contributed by atoms with Crippen molar-refractivity contribution in [2.45, 2.75) is 25.3 Å². The van der Waals surface area contributed by atoms with Crippen LogP contribution in [0.15, 0.2) is 42.5 Å². The summed E-state index contributed by atoms with van der Waals surface area (Å²) in [7, 11) is 1.65. The molecule has 2 aromatic carbocycles. The van der Waals surface area contributed by atoms with E-state index in [4.69, 9.17) is 27.9 Å². The van der Waals surface area contributed by atoms with E-state index in [-0.39, 0.29) is 11.9 Å². The van der Waals surface area contributed by atoms with Crippen LogP contribution in [0.2, 0.25) is 10.0 Å². The third-order valence-corrected chi connectivity index (χ3v) is 5.02. The summed E-state index contributed by atoms with van der Waals surface area (Å²) in [6.45, 7) is 0.779. The summed E-state index contributed by atoms with van der Waals surface area (Å²) in [5.74, 6) is 0.917. The molecule has 0 radical (unpaired) electrons. The number of methoxy groups -OCH3 is 1. The average Bonchev–Trinajstić information content (AvgIpc) is 3.07. The minimum absolute atomic E-state index is 0.0949. The van der Waals surface area contributed by atoms with Gasteiger partial charge in [-0.25, -0.2) is 0 Å². The lowest BCUT2D eigenvalue weighted by atomic mass is 10.0. The van der Waals surface area contributed by atoms with Crippen molar-refractivity contribution < 1.29 is 9.53 Å². The molecule has 1 aliphatic rings. The van der Waals surface area contributed by atoms with Crippen molar-refractivity contribution in [2.24, 2.45) is 0 Å². The summed E-state index contributed by atoms with van der Waals surface area (Å²) in [5.41, 5.74) is 1.95. The van der Waals surface area contributed by atoms with Gasteiger partial charge in [0.15, 0.2) is 0 Å². The number of ether oxygens (including phenoxy) is 1. The molecule has 1 unspecified atom stereocenters. The Morgan fingerprint density at radius 3 is 2.62 bits per heavy atom. The van der Waals surface area contributed by atoms with Crippen molar-refractivity contribution in [3.05, 3.63) is 63.6 Å². The third kappa shape index (κ3) is 3.68. The molecule has 0 aromatic heterocycles. The minimum atomic E-state index is 0.0949. The van der Waals surface area contributed by atoms with Crippen molar-refractivity contribution in [2.75, 3.05) is 13.7 Å². The molecule has 3 rings (SSSR count). The Morgan fingerprint density at radius 2 is 1.96 bits per heavy atom. The lowest BCUT2D eigenvalue weighted by Crippen LogP contribution is -2.31. The van der Waals surface area contributed by atoms with Crippen LogP contribution in [0, 0.1) is 0 Å². The molecular weight excluding hydrogens is 345 g/mol. The predicted octanol–water partition coefficient (Wildman–Crippen LogP) is 4.91. The molecule has 24 heavy (non-hydrogen) atoms. The van der Waals surface area contributed by atoms with Crippen LogP contribution in [-0.4, -0.2) is 24.5 Å². The summed E-state index contributed by atoms with van der Waals surface area (Å²) in [4.78, 5) is 14.7. The lowest BCUT2D eigenvalue weighted by molar-refractivity contribution is -0.131. The second-order valence-corrected chi connectivity index (χ2v) is 6.77. The molecule has 1 atom stereocenters. The van der Waals surface area contributed by atoms with Crippen molar-refractivity contribution in [3.63, 3.8) is 0 Å². The van der Waals surface area contributed by atoms with Gasteiger partial charge in [0, 0.05) is 16.6 Å². The van der Waals surface area contributed by atoms with Crippen LogP contribution >= 0.6 is 23.2 Å². The molecule has 0 saturated carbocycles. The van der Waals surface area contributed by atoms with Crippen LogP contribution in [0.5, 0.6) is 5.75 Å². The van der Waals surface area contributed by atoms with Gasteiger partial charge in [0.25, 0.3) is 0 Å². The first-order valence-corrected chi connectivity index (χ1v) is 8.71. The molecule has 1 saturated heterocycles. The van der Waals surface area contributed by atoms with Gasteiger partial charge in [-0.3, -0.25) is 4.79 Å². The highest BCUT2D eigenvalue weighted by atomic mass is 35.5. The summed E-state index contributed by atoms with van der Waals surface area (Å²) in [5, 5.41) is 1.12. The average molecular weight is 364 g/mol. The molecule has 1 heterocycles. The maximum Gasteiger partial charge on any atom is 0.227 e. The molecule has 0 bridgehead atoms. The van der Waals surface area contributed by atoms with Gasteiger partial charge in [-0.05, 0) is 48.2 Å². The summed E-state index contributed by atoms with van der Waals surface area (Å²) < 4.78 is 5.20. The zero-order valence-electron chi connectivity index (χ0n) is 13.5. The zero-order valence-corrected chi connectivity index (χ0v) is 15.0. The highest BCUT2D eigenvalue weighted by Crippen LogP contribution is 2.33. The molecule has 0 spiro atoms. The lowest BCUT2D eigenvalue weighted by Gasteiger charge is -2.25.